The van der Waals surface area contributed by atoms with Gasteiger partial charge in [0.1, 0.15) is 10.9 Å². The van der Waals surface area contributed by atoms with Crippen LogP contribution < -0.4 is 0 Å². The number of hydrogen-bond donors (Lipinski definition) is 0. The van der Waals surface area contributed by atoms with Crippen molar-refractivity contribution in [1.29, 1.82) is 0 Å². The summed E-state index contributed by atoms with van der Waals surface area (Å²) in [5.74, 6) is 1.94. The Balaban J connectivity index is 2.68. The molecule has 0 aromatic carbocycles. The van der Waals surface area contributed by atoms with E-state index in [1.807, 2.05) is 25.6 Å². The molecule has 0 amide bonds. The van der Waals surface area contributed by atoms with Crippen LogP contribution in [0.2, 0.25) is 0 Å². The van der Waals surface area contributed by atoms with Crippen LogP contribution in [0.4, 0.5) is 0 Å². The molecule has 4 heteroatoms. The van der Waals surface area contributed by atoms with Gasteiger partial charge in [-0.15, -0.1) is 11.8 Å². The Morgan fingerprint density at radius 1 is 1.13 bits per heavy atom. The van der Waals surface area contributed by atoms with E-state index in [1.165, 1.54) is 5.56 Å². The minimum absolute atomic E-state index is 0.866. The Kier molecular flexibility index (Phi) is 4.54. The zero-order valence-corrected chi connectivity index (χ0v) is 11.0. The quantitative estimate of drug-likeness (QED) is 0.579. The third-order valence-electron chi connectivity index (χ3n) is 2.23. The highest BCUT2D eigenvalue weighted by Gasteiger charge is 2.06. The molecule has 0 unspecified atom stereocenters. The smallest absolute Gasteiger partial charge is 0.126 e. The number of nitrogens with zero attached hydrogens (tertiary/aromatic N) is 3. The van der Waals surface area contributed by atoms with E-state index in [1.54, 1.807) is 0 Å². The Morgan fingerprint density at radius 3 is 2.40 bits per heavy atom. The lowest BCUT2D eigenvalue weighted by atomic mass is 10.3. The molecule has 0 fully saturated rings. The van der Waals surface area contributed by atoms with Gasteiger partial charge in [0.15, 0.2) is 0 Å². The van der Waals surface area contributed by atoms with Crippen LogP contribution in [-0.4, -0.2) is 41.3 Å². The van der Waals surface area contributed by atoms with E-state index in [0.29, 0.717) is 0 Å². The zero-order valence-electron chi connectivity index (χ0n) is 10.2. The molecule has 3 nitrogen and oxygen atoms in total. The van der Waals surface area contributed by atoms with E-state index < -0.39 is 0 Å². The van der Waals surface area contributed by atoms with Gasteiger partial charge in [0.05, 0.1) is 0 Å². The van der Waals surface area contributed by atoms with Gasteiger partial charge >= 0.3 is 0 Å². The summed E-state index contributed by atoms with van der Waals surface area (Å²) in [7, 11) is 4.17. The van der Waals surface area contributed by atoms with Crippen molar-refractivity contribution < 1.29 is 0 Å². The zero-order chi connectivity index (χ0) is 11.4. The summed E-state index contributed by atoms with van der Waals surface area (Å²) >= 11 is 1.81. The number of hydrogen-bond acceptors (Lipinski definition) is 4. The topological polar surface area (TPSA) is 29.0 Å². The minimum Gasteiger partial charge on any atom is -0.309 e. The van der Waals surface area contributed by atoms with Crippen LogP contribution in [0.5, 0.6) is 0 Å². The Labute approximate surface area is 96.3 Å². The third-order valence-corrected chi connectivity index (χ3v) is 3.29. The molecule has 0 atom stereocenters. The lowest BCUT2D eigenvalue weighted by Crippen LogP contribution is -2.15. The second kappa shape index (κ2) is 5.47. The fourth-order valence-electron chi connectivity index (χ4n) is 1.20. The van der Waals surface area contributed by atoms with Crippen LogP contribution in [0.15, 0.2) is 5.03 Å². The molecular weight excluding hydrogens is 206 g/mol. The first-order valence-corrected chi connectivity index (χ1v) is 6.08. The Morgan fingerprint density at radius 2 is 1.80 bits per heavy atom. The van der Waals surface area contributed by atoms with Crippen molar-refractivity contribution in [3.63, 3.8) is 0 Å². The van der Waals surface area contributed by atoms with Gasteiger partial charge in [-0.1, -0.05) is 0 Å². The van der Waals surface area contributed by atoms with Gasteiger partial charge < -0.3 is 4.90 Å². The number of aromatic nitrogens is 2. The molecule has 0 spiro atoms. The molecule has 1 rings (SSSR count). The average molecular weight is 225 g/mol. The SMILES string of the molecule is Cc1nc(C)c(C)c(SCCN(C)C)n1. The molecule has 0 aliphatic heterocycles. The van der Waals surface area contributed by atoms with Crippen molar-refractivity contribution in [2.45, 2.75) is 25.8 Å². The van der Waals surface area contributed by atoms with Gasteiger partial charge in [-0.05, 0) is 34.9 Å². The number of rotatable bonds is 4. The van der Waals surface area contributed by atoms with Crippen LogP contribution in [0.3, 0.4) is 0 Å². The average Bonchev–Trinajstić information content (AvgIpc) is 2.12. The molecule has 0 saturated carbocycles. The van der Waals surface area contributed by atoms with Crippen molar-refractivity contribution in [2.75, 3.05) is 26.4 Å². The normalized spacial score (nSPS) is 11.1. The molecule has 0 aliphatic rings. The van der Waals surface area contributed by atoms with Crippen LogP contribution in [0, 0.1) is 20.8 Å². The fraction of sp³-hybridized carbons (Fsp3) is 0.636. The van der Waals surface area contributed by atoms with Crippen molar-refractivity contribution in [2.24, 2.45) is 0 Å². The first-order chi connectivity index (χ1) is 7.00. The molecule has 84 valence electrons. The van der Waals surface area contributed by atoms with Crippen LogP contribution in [-0.2, 0) is 0 Å². The van der Waals surface area contributed by atoms with Crippen LogP contribution in [0.1, 0.15) is 17.1 Å². The van der Waals surface area contributed by atoms with Gasteiger partial charge in [0.25, 0.3) is 0 Å². The molecular formula is C11H19N3S. The summed E-state index contributed by atoms with van der Waals surface area (Å²) < 4.78 is 0. The largest absolute Gasteiger partial charge is 0.309 e. The molecule has 0 aliphatic carbocycles. The predicted octanol–water partition coefficient (Wildman–Crippen LogP) is 2.06. The molecule has 0 radical (unpaired) electrons. The van der Waals surface area contributed by atoms with Gasteiger partial charge in [-0.25, -0.2) is 9.97 Å². The lowest BCUT2D eigenvalue weighted by Gasteiger charge is -2.10. The van der Waals surface area contributed by atoms with Crippen molar-refractivity contribution in [3.8, 4) is 0 Å². The van der Waals surface area contributed by atoms with Crippen molar-refractivity contribution >= 4 is 11.8 Å². The first kappa shape index (κ1) is 12.5. The molecule has 15 heavy (non-hydrogen) atoms. The van der Waals surface area contributed by atoms with E-state index in [-0.39, 0.29) is 0 Å². The minimum atomic E-state index is 0.866. The molecule has 1 heterocycles. The van der Waals surface area contributed by atoms with Crippen molar-refractivity contribution in [1.82, 2.24) is 14.9 Å². The van der Waals surface area contributed by atoms with E-state index in [2.05, 4.69) is 35.9 Å². The van der Waals surface area contributed by atoms with E-state index >= 15 is 0 Å². The second-order valence-corrected chi connectivity index (χ2v) is 5.02. The summed E-state index contributed by atoms with van der Waals surface area (Å²) in [6, 6.07) is 0. The maximum absolute atomic E-state index is 4.46. The first-order valence-electron chi connectivity index (χ1n) is 5.10. The maximum Gasteiger partial charge on any atom is 0.126 e. The Hall–Kier alpha value is -0.610. The highest BCUT2D eigenvalue weighted by molar-refractivity contribution is 7.99. The fourth-order valence-corrected chi connectivity index (χ4v) is 2.41. The summed E-state index contributed by atoms with van der Waals surface area (Å²) in [5, 5.41) is 1.13. The third kappa shape index (κ3) is 3.80. The molecule has 1 aromatic rings. The maximum atomic E-state index is 4.46. The van der Waals surface area contributed by atoms with E-state index in [9.17, 15) is 0 Å². The predicted molar refractivity (Wildman–Crippen MR) is 65.5 cm³/mol. The van der Waals surface area contributed by atoms with Gasteiger partial charge in [0, 0.05) is 23.6 Å². The summed E-state index contributed by atoms with van der Waals surface area (Å²) in [6.07, 6.45) is 0. The van der Waals surface area contributed by atoms with Gasteiger partial charge in [-0.3, -0.25) is 0 Å². The van der Waals surface area contributed by atoms with E-state index in [4.69, 9.17) is 0 Å². The summed E-state index contributed by atoms with van der Waals surface area (Å²) in [5.41, 5.74) is 2.30. The standard InChI is InChI=1S/C11H19N3S/c1-8-9(2)12-10(3)13-11(8)15-7-6-14(4)5/h6-7H2,1-5H3. The molecule has 0 N–H and O–H groups in total. The molecule has 1 aromatic heterocycles. The van der Waals surface area contributed by atoms with E-state index in [0.717, 1.165) is 28.8 Å². The lowest BCUT2D eigenvalue weighted by molar-refractivity contribution is 0.437. The monoisotopic (exact) mass is 225 g/mol. The summed E-state index contributed by atoms with van der Waals surface area (Å²) in [4.78, 5) is 11.0. The molecule has 0 bridgehead atoms. The highest BCUT2D eigenvalue weighted by Crippen LogP contribution is 2.21. The Bertz CT molecular complexity index is 337. The molecule has 0 saturated heterocycles. The van der Waals surface area contributed by atoms with Crippen LogP contribution >= 0.6 is 11.8 Å². The number of aryl methyl sites for hydroxylation is 2. The second-order valence-electron chi connectivity index (χ2n) is 3.94. The van der Waals surface area contributed by atoms with Gasteiger partial charge in [0.2, 0.25) is 0 Å². The summed E-state index contributed by atoms with van der Waals surface area (Å²) in [6.45, 7) is 7.15. The van der Waals surface area contributed by atoms with Crippen molar-refractivity contribution in [3.05, 3.63) is 17.1 Å². The van der Waals surface area contributed by atoms with Gasteiger partial charge in [-0.2, -0.15) is 0 Å². The highest BCUT2D eigenvalue weighted by atomic mass is 32.2. The number of thioether (sulfide) groups is 1. The van der Waals surface area contributed by atoms with Crippen LogP contribution in [0.25, 0.3) is 0 Å².